The molecule has 2 heteroatoms. The molecule has 2 fully saturated rings. The van der Waals surface area contributed by atoms with E-state index in [0.717, 1.165) is 12.5 Å². The third-order valence-corrected chi connectivity index (χ3v) is 3.40. The number of epoxide rings is 1. The minimum atomic E-state index is 0.361. The van der Waals surface area contributed by atoms with Crippen LogP contribution in [0.5, 0.6) is 0 Å². The van der Waals surface area contributed by atoms with Crippen LogP contribution in [0.1, 0.15) is 36.0 Å². The van der Waals surface area contributed by atoms with Crippen LogP contribution in [0.15, 0.2) is 29.1 Å². The summed E-state index contributed by atoms with van der Waals surface area (Å²) in [5.41, 5.74) is 2.88. The topological polar surface area (TPSA) is 25.7 Å². The standard InChI is InChI=1S/C13H12O2/c1-2-8(1)13-10(12-7-15-12)4-3-9-5-14-6-11(9)13/h3-6,8,12H,1-2,7H2. The van der Waals surface area contributed by atoms with Gasteiger partial charge in [0.05, 0.1) is 19.1 Å². The molecule has 1 atom stereocenters. The summed E-state index contributed by atoms with van der Waals surface area (Å²) in [6, 6.07) is 4.35. The second-order valence-corrected chi connectivity index (χ2v) is 4.54. The molecule has 0 bridgehead atoms. The minimum absolute atomic E-state index is 0.361. The number of fused-ring (bicyclic) bond motifs is 1. The molecule has 0 N–H and O–H groups in total. The van der Waals surface area contributed by atoms with Crippen molar-refractivity contribution in [3.63, 3.8) is 0 Å². The molecule has 1 aromatic heterocycles. The molecule has 4 rings (SSSR count). The van der Waals surface area contributed by atoms with Crippen molar-refractivity contribution in [3.05, 3.63) is 35.8 Å². The molecule has 2 heterocycles. The van der Waals surface area contributed by atoms with Crippen LogP contribution in [0, 0.1) is 0 Å². The first kappa shape index (κ1) is 7.94. The quantitative estimate of drug-likeness (QED) is 0.694. The maximum atomic E-state index is 5.41. The monoisotopic (exact) mass is 200 g/mol. The van der Waals surface area contributed by atoms with E-state index >= 15 is 0 Å². The molecular weight excluding hydrogens is 188 g/mol. The lowest BCUT2D eigenvalue weighted by molar-refractivity contribution is 0.414. The van der Waals surface area contributed by atoms with Gasteiger partial charge in [-0.15, -0.1) is 0 Å². The summed E-state index contributed by atoms with van der Waals surface area (Å²) in [5, 5.41) is 2.52. The lowest BCUT2D eigenvalue weighted by Crippen LogP contribution is -1.91. The van der Waals surface area contributed by atoms with Gasteiger partial charge in [0.2, 0.25) is 0 Å². The Morgan fingerprint density at radius 3 is 2.73 bits per heavy atom. The van der Waals surface area contributed by atoms with Gasteiger partial charge < -0.3 is 9.15 Å². The second-order valence-electron chi connectivity index (χ2n) is 4.54. The van der Waals surface area contributed by atoms with Gasteiger partial charge in [-0.1, -0.05) is 12.1 Å². The van der Waals surface area contributed by atoms with E-state index in [4.69, 9.17) is 9.15 Å². The van der Waals surface area contributed by atoms with E-state index in [1.807, 2.05) is 12.5 Å². The van der Waals surface area contributed by atoms with Crippen LogP contribution >= 0.6 is 0 Å². The molecule has 0 radical (unpaired) electrons. The fraction of sp³-hybridized carbons (Fsp3) is 0.385. The molecule has 1 aliphatic heterocycles. The molecule has 1 saturated carbocycles. The average molecular weight is 200 g/mol. The van der Waals surface area contributed by atoms with Gasteiger partial charge in [-0.3, -0.25) is 0 Å². The summed E-state index contributed by atoms with van der Waals surface area (Å²) in [6.07, 6.45) is 6.72. The van der Waals surface area contributed by atoms with Crippen molar-refractivity contribution >= 4 is 10.8 Å². The first-order valence-corrected chi connectivity index (χ1v) is 5.54. The molecule has 1 saturated heterocycles. The van der Waals surface area contributed by atoms with Crippen molar-refractivity contribution in [2.24, 2.45) is 0 Å². The third kappa shape index (κ3) is 1.15. The summed E-state index contributed by atoms with van der Waals surface area (Å²) >= 11 is 0. The van der Waals surface area contributed by atoms with Gasteiger partial charge in [0.1, 0.15) is 6.10 Å². The molecular formula is C13H12O2. The van der Waals surface area contributed by atoms with Crippen molar-refractivity contribution in [1.29, 1.82) is 0 Å². The zero-order chi connectivity index (χ0) is 9.83. The molecule has 2 aromatic rings. The summed E-state index contributed by atoms with van der Waals surface area (Å²) in [6.45, 7) is 0.892. The van der Waals surface area contributed by atoms with Crippen LogP contribution in [0.2, 0.25) is 0 Å². The molecule has 2 aliphatic rings. The predicted molar refractivity (Wildman–Crippen MR) is 56.9 cm³/mol. The van der Waals surface area contributed by atoms with Gasteiger partial charge in [-0.25, -0.2) is 0 Å². The van der Waals surface area contributed by atoms with Crippen molar-refractivity contribution in [2.75, 3.05) is 6.61 Å². The van der Waals surface area contributed by atoms with Crippen LogP contribution in [-0.4, -0.2) is 6.61 Å². The number of hydrogen-bond donors (Lipinski definition) is 0. The molecule has 0 spiro atoms. The lowest BCUT2D eigenvalue weighted by Gasteiger charge is -2.07. The van der Waals surface area contributed by atoms with Gasteiger partial charge in [0, 0.05) is 10.8 Å². The van der Waals surface area contributed by atoms with Crippen LogP contribution < -0.4 is 0 Å². The lowest BCUT2D eigenvalue weighted by atomic mass is 9.96. The maximum Gasteiger partial charge on any atom is 0.106 e. The average Bonchev–Trinajstić information content (AvgIpc) is 3.13. The van der Waals surface area contributed by atoms with Crippen molar-refractivity contribution < 1.29 is 9.15 Å². The van der Waals surface area contributed by atoms with E-state index in [1.165, 1.54) is 34.7 Å². The van der Waals surface area contributed by atoms with E-state index < -0.39 is 0 Å². The SMILES string of the molecule is c1cc2cocc2c(C2CC2)c1C1CO1. The fourth-order valence-electron chi connectivity index (χ4n) is 2.42. The summed E-state index contributed by atoms with van der Waals surface area (Å²) in [5.74, 6) is 0.755. The highest BCUT2D eigenvalue weighted by atomic mass is 16.6. The first-order valence-electron chi connectivity index (χ1n) is 5.54. The normalized spacial score (nSPS) is 24.7. The number of furan rings is 1. The van der Waals surface area contributed by atoms with Crippen LogP contribution in [0.4, 0.5) is 0 Å². The minimum Gasteiger partial charge on any atom is -0.471 e. The molecule has 2 nitrogen and oxygen atoms in total. The number of rotatable bonds is 2. The Morgan fingerprint density at radius 2 is 2.00 bits per heavy atom. The highest BCUT2D eigenvalue weighted by Crippen LogP contribution is 2.48. The van der Waals surface area contributed by atoms with Gasteiger partial charge in [-0.2, -0.15) is 0 Å². The molecule has 1 aromatic carbocycles. The first-order chi connectivity index (χ1) is 7.43. The Balaban J connectivity index is 2.02. The van der Waals surface area contributed by atoms with Crippen LogP contribution in [0.3, 0.4) is 0 Å². The van der Waals surface area contributed by atoms with E-state index in [2.05, 4.69) is 12.1 Å². The zero-order valence-corrected chi connectivity index (χ0v) is 8.40. The Labute approximate surface area is 87.8 Å². The Bertz CT molecular complexity index is 518. The molecule has 76 valence electrons. The molecule has 1 aliphatic carbocycles. The molecule has 0 amide bonds. The highest BCUT2D eigenvalue weighted by Gasteiger charge is 2.34. The Hall–Kier alpha value is -1.28. The number of ether oxygens (including phenoxy) is 1. The highest BCUT2D eigenvalue weighted by molar-refractivity contribution is 5.86. The van der Waals surface area contributed by atoms with E-state index in [1.54, 1.807) is 0 Å². The smallest absolute Gasteiger partial charge is 0.106 e. The second kappa shape index (κ2) is 2.64. The third-order valence-electron chi connectivity index (χ3n) is 3.40. The van der Waals surface area contributed by atoms with Gasteiger partial charge in [0.15, 0.2) is 0 Å². The van der Waals surface area contributed by atoms with E-state index in [9.17, 15) is 0 Å². The van der Waals surface area contributed by atoms with Crippen molar-refractivity contribution in [3.8, 4) is 0 Å². The number of benzene rings is 1. The summed E-state index contributed by atoms with van der Waals surface area (Å²) in [7, 11) is 0. The number of hydrogen-bond acceptors (Lipinski definition) is 2. The Kier molecular flexibility index (Phi) is 1.40. The summed E-state index contributed by atoms with van der Waals surface area (Å²) < 4.78 is 10.7. The fourth-order valence-corrected chi connectivity index (χ4v) is 2.42. The zero-order valence-electron chi connectivity index (χ0n) is 8.40. The van der Waals surface area contributed by atoms with Crippen molar-refractivity contribution in [2.45, 2.75) is 24.9 Å². The van der Waals surface area contributed by atoms with Gasteiger partial charge in [0.25, 0.3) is 0 Å². The van der Waals surface area contributed by atoms with E-state index in [-0.39, 0.29) is 0 Å². The summed E-state index contributed by atoms with van der Waals surface area (Å²) in [4.78, 5) is 0. The Morgan fingerprint density at radius 1 is 1.13 bits per heavy atom. The largest absolute Gasteiger partial charge is 0.471 e. The maximum absolute atomic E-state index is 5.41. The predicted octanol–water partition coefficient (Wildman–Crippen LogP) is 3.38. The van der Waals surface area contributed by atoms with E-state index in [0.29, 0.717) is 6.10 Å². The van der Waals surface area contributed by atoms with Crippen LogP contribution in [0.25, 0.3) is 10.8 Å². The molecule has 1 unspecified atom stereocenters. The van der Waals surface area contributed by atoms with Crippen molar-refractivity contribution in [1.82, 2.24) is 0 Å². The van der Waals surface area contributed by atoms with Gasteiger partial charge in [-0.05, 0) is 29.9 Å². The molecule has 15 heavy (non-hydrogen) atoms. The van der Waals surface area contributed by atoms with Gasteiger partial charge >= 0.3 is 0 Å². The van der Waals surface area contributed by atoms with Crippen LogP contribution in [-0.2, 0) is 4.74 Å².